The molecule has 2 heterocycles. The first-order valence-corrected chi connectivity index (χ1v) is 15.5. The van der Waals surface area contributed by atoms with Gasteiger partial charge in [-0.1, -0.05) is 30.3 Å². The molecule has 1 aromatic heterocycles. The van der Waals surface area contributed by atoms with Gasteiger partial charge in [-0.15, -0.1) is 0 Å². The lowest BCUT2D eigenvalue weighted by Crippen LogP contribution is -2.43. The number of esters is 1. The number of carbonyl (C=O) groups is 1. The molecule has 9 nitrogen and oxygen atoms in total. The van der Waals surface area contributed by atoms with E-state index in [0.29, 0.717) is 54.2 Å². The van der Waals surface area contributed by atoms with Crippen molar-refractivity contribution in [1.82, 2.24) is 10.3 Å². The van der Waals surface area contributed by atoms with Gasteiger partial charge >= 0.3 is 5.97 Å². The highest BCUT2D eigenvalue weighted by molar-refractivity contribution is 7.90. The number of anilines is 1. The summed E-state index contributed by atoms with van der Waals surface area (Å²) in [6.07, 6.45) is 5.03. The molecular formula is C31H39N3O6S. The Kier molecular flexibility index (Phi) is 11.7. The maximum absolute atomic E-state index is 12.3. The van der Waals surface area contributed by atoms with Gasteiger partial charge in [0.25, 0.3) is 0 Å². The van der Waals surface area contributed by atoms with E-state index in [1.807, 2.05) is 36.4 Å². The number of piperidine rings is 1. The van der Waals surface area contributed by atoms with E-state index >= 15 is 0 Å². The number of aliphatic hydroxyl groups excluding tert-OH is 1. The zero-order chi connectivity index (χ0) is 29.0. The van der Waals surface area contributed by atoms with Crippen LogP contribution in [0.25, 0.3) is 0 Å². The van der Waals surface area contributed by atoms with E-state index in [2.05, 4.69) is 15.2 Å². The largest absolute Gasteiger partial charge is 0.612 e. The second-order valence-electron chi connectivity index (χ2n) is 9.93. The van der Waals surface area contributed by atoms with Crippen LogP contribution >= 0.6 is 0 Å². The van der Waals surface area contributed by atoms with E-state index in [9.17, 15) is 14.5 Å². The quantitative estimate of drug-likeness (QED) is 0.216. The third-order valence-corrected chi connectivity index (χ3v) is 7.83. The molecule has 4 rings (SSSR count). The summed E-state index contributed by atoms with van der Waals surface area (Å²) in [5.74, 6) is 1.61. The highest BCUT2D eigenvalue weighted by atomic mass is 32.2. The number of rotatable bonds is 14. The lowest BCUT2D eigenvalue weighted by molar-refractivity contribution is 0.0526. The number of aromatic nitrogens is 1. The lowest BCUT2D eigenvalue weighted by atomic mass is 10.0. The van der Waals surface area contributed by atoms with Gasteiger partial charge in [0.05, 0.1) is 18.3 Å². The Morgan fingerprint density at radius 2 is 1.93 bits per heavy atom. The highest BCUT2D eigenvalue weighted by Gasteiger charge is 2.21. The number of nitrogens with one attached hydrogen (secondary N) is 1. The van der Waals surface area contributed by atoms with Gasteiger partial charge in [-0.25, -0.2) is 9.78 Å². The molecule has 1 fully saturated rings. The lowest BCUT2D eigenvalue weighted by Gasteiger charge is -2.33. The smallest absolute Gasteiger partial charge is 0.339 e. The van der Waals surface area contributed by atoms with Crippen molar-refractivity contribution in [3.63, 3.8) is 0 Å². The average molecular weight is 582 g/mol. The van der Waals surface area contributed by atoms with Gasteiger partial charge in [-0.3, -0.25) is 0 Å². The summed E-state index contributed by atoms with van der Waals surface area (Å²) >= 11 is -1.25. The van der Waals surface area contributed by atoms with Gasteiger partial charge in [0, 0.05) is 31.4 Å². The fraction of sp³-hybridized carbons (Fsp3) is 0.419. The number of hydrogen-bond donors (Lipinski definition) is 2. The number of ether oxygens (including phenoxy) is 3. The topological polar surface area (TPSA) is 116 Å². The molecule has 0 bridgehead atoms. The van der Waals surface area contributed by atoms with Crippen LogP contribution in [-0.4, -0.2) is 71.9 Å². The van der Waals surface area contributed by atoms with E-state index in [4.69, 9.17) is 14.2 Å². The van der Waals surface area contributed by atoms with E-state index < -0.39 is 17.3 Å². The molecule has 1 aliphatic rings. The molecular weight excluding hydrogens is 542 g/mol. The number of hydrogen-bond acceptors (Lipinski definition) is 9. The van der Waals surface area contributed by atoms with E-state index in [1.165, 1.54) is 0 Å². The number of benzene rings is 2. The number of aliphatic hydroxyl groups is 1. The third kappa shape index (κ3) is 9.36. The molecule has 0 spiro atoms. The van der Waals surface area contributed by atoms with Crippen LogP contribution in [0.1, 0.15) is 42.1 Å². The first-order chi connectivity index (χ1) is 19.9. The van der Waals surface area contributed by atoms with E-state index in [1.54, 1.807) is 43.6 Å². The van der Waals surface area contributed by atoms with Crippen LogP contribution in [0.3, 0.4) is 0 Å². The SMILES string of the molecule is CCOC(=O)c1ccc(N2CCC(NCCC(O)COc3ccc(OCc4ccccc4)c([S+](C)[O-])c3)CC2)nc1. The molecule has 3 aromatic rings. The summed E-state index contributed by atoms with van der Waals surface area (Å²) in [4.78, 5) is 19.0. The van der Waals surface area contributed by atoms with Crippen molar-refractivity contribution < 1.29 is 28.7 Å². The van der Waals surface area contributed by atoms with Crippen LogP contribution in [-0.2, 0) is 22.5 Å². The maximum atomic E-state index is 12.3. The van der Waals surface area contributed by atoms with Crippen LogP contribution in [0, 0.1) is 0 Å². The zero-order valence-electron chi connectivity index (χ0n) is 23.7. The Morgan fingerprint density at radius 1 is 1.15 bits per heavy atom. The first kappa shape index (κ1) is 30.6. The summed E-state index contributed by atoms with van der Waals surface area (Å²) < 4.78 is 29.0. The number of carbonyl (C=O) groups excluding carboxylic acids is 1. The monoisotopic (exact) mass is 581 g/mol. The van der Waals surface area contributed by atoms with Crippen molar-refractivity contribution in [1.29, 1.82) is 0 Å². The van der Waals surface area contributed by atoms with E-state index in [0.717, 1.165) is 37.3 Å². The minimum Gasteiger partial charge on any atom is -0.612 e. The molecule has 1 aliphatic heterocycles. The standard InChI is InChI=1S/C31H39N3O6S/c1-3-38-31(36)24-9-12-30(33-20-24)34-17-14-25(15-18-34)32-16-13-26(35)22-39-27-10-11-28(29(19-27)41(2)37)40-21-23-7-5-4-6-8-23/h4-12,19-20,25-26,32,35H,3,13-18,21-22H2,1-2H3. The Balaban J connectivity index is 1.15. The molecule has 2 aromatic carbocycles. The molecule has 10 heteroatoms. The normalized spacial score (nSPS) is 15.3. The van der Waals surface area contributed by atoms with Gasteiger partial charge < -0.3 is 34.1 Å². The van der Waals surface area contributed by atoms with Crippen LogP contribution in [0.15, 0.2) is 71.8 Å². The summed E-state index contributed by atoms with van der Waals surface area (Å²) in [7, 11) is 0. The van der Waals surface area contributed by atoms with Crippen LogP contribution in [0.2, 0.25) is 0 Å². The number of nitrogens with zero attached hydrogens (tertiary/aromatic N) is 2. The summed E-state index contributed by atoms with van der Waals surface area (Å²) in [6.45, 7) is 5.06. The zero-order valence-corrected chi connectivity index (χ0v) is 24.5. The number of pyridine rings is 1. The Hall–Kier alpha value is -3.31. The summed E-state index contributed by atoms with van der Waals surface area (Å²) in [6, 6.07) is 19.0. The summed E-state index contributed by atoms with van der Waals surface area (Å²) in [5, 5.41) is 14.0. The Morgan fingerprint density at radius 3 is 2.61 bits per heavy atom. The second kappa shape index (κ2) is 15.6. The van der Waals surface area contributed by atoms with Crippen molar-refractivity contribution >= 4 is 23.0 Å². The average Bonchev–Trinajstić information content (AvgIpc) is 3.00. The van der Waals surface area contributed by atoms with Crippen molar-refractivity contribution in [2.24, 2.45) is 0 Å². The fourth-order valence-electron chi connectivity index (χ4n) is 4.61. The van der Waals surface area contributed by atoms with Crippen LogP contribution < -0.4 is 19.7 Å². The predicted molar refractivity (Wildman–Crippen MR) is 159 cm³/mol. The minimum atomic E-state index is -1.25. The molecule has 41 heavy (non-hydrogen) atoms. The molecule has 2 N–H and O–H groups in total. The molecule has 0 aliphatic carbocycles. The highest BCUT2D eigenvalue weighted by Crippen LogP contribution is 2.29. The molecule has 2 unspecified atom stereocenters. The Bertz CT molecular complexity index is 1220. The van der Waals surface area contributed by atoms with Gasteiger partial charge in [0.2, 0.25) is 0 Å². The van der Waals surface area contributed by atoms with Crippen molar-refractivity contribution in [3.8, 4) is 11.5 Å². The summed E-state index contributed by atoms with van der Waals surface area (Å²) in [5.41, 5.74) is 1.49. The minimum absolute atomic E-state index is 0.146. The van der Waals surface area contributed by atoms with Crippen LogP contribution in [0.5, 0.6) is 11.5 Å². The van der Waals surface area contributed by atoms with Gasteiger partial charge in [-0.05, 0) is 73.7 Å². The maximum Gasteiger partial charge on any atom is 0.339 e. The molecule has 220 valence electrons. The molecule has 0 amide bonds. The first-order valence-electron chi connectivity index (χ1n) is 14.0. The molecule has 2 atom stereocenters. The van der Waals surface area contributed by atoms with Gasteiger partial charge in [-0.2, -0.15) is 0 Å². The van der Waals surface area contributed by atoms with Gasteiger partial charge in [0.1, 0.15) is 31.0 Å². The third-order valence-electron chi connectivity index (χ3n) is 6.89. The van der Waals surface area contributed by atoms with E-state index in [-0.39, 0.29) is 12.6 Å². The predicted octanol–water partition coefficient (Wildman–Crippen LogP) is 3.96. The van der Waals surface area contributed by atoms with Crippen molar-refractivity contribution in [2.45, 2.75) is 49.8 Å². The van der Waals surface area contributed by atoms with Gasteiger partial charge in [0.15, 0.2) is 10.6 Å². The Labute approximate surface area is 245 Å². The van der Waals surface area contributed by atoms with Crippen molar-refractivity contribution in [2.75, 3.05) is 44.0 Å². The van der Waals surface area contributed by atoms with Crippen molar-refractivity contribution in [3.05, 3.63) is 78.0 Å². The fourth-order valence-corrected chi connectivity index (χ4v) is 5.30. The molecule has 0 radical (unpaired) electrons. The molecule has 1 saturated heterocycles. The van der Waals surface area contributed by atoms with Crippen LogP contribution in [0.4, 0.5) is 5.82 Å². The second-order valence-corrected chi connectivity index (χ2v) is 11.3. The molecule has 0 saturated carbocycles.